The summed E-state index contributed by atoms with van der Waals surface area (Å²) >= 11 is 0. The third kappa shape index (κ3) is 5.94. The van der Waals surface area contributed by atoms with Gasteiger partial charge in [-0.15, -0.1) is 0 Å². The molecule has 0 saturated heterocycles. The Morgan fingerprint density at radius 1 is 1.00 bits per heavy atom. The average Bonchev–Trinajstić information content (AvgIpc) is 2.37. The molecule has 20 heavy (non-hydrogen) atoms. The Morgan fingerprint density at radius 3 is 2.15 bits per heavy atom. The van der Waals surface area contributed by atoms with E-state index in [-0.39, 0.29) is 35.2 Å². The van der Waals surface area contributed by atoms with Crippen LogP contribution in [-0.4, -0.2) is 13.0 Å². The van der Waals surface area contributed by atoms with Gasteiger partial charge in [0.1, 0.15) is 12.4 Å². The van der Waals surface area contributed by atoms with Crippen LogP contribution in [0.5, 0.6) is 5.75 Å². The molecule has 0 aliphatic carbocycles. The Balaban J connectivity index is 0.00000200. The van der Waals surface area contributed by atoms with Gasteiger partial charge in [0.15, 0.2) is 10.3 Å². The molecule has 0 spiro atoms. The van der Waals surface area contributed by atoms with E-state index in [1.54, 1.807) is 12.1 Å². The van der Waals surface area contributed by atoms with Crippen molar-refractivity contribution in [3.05, 3.63) is 60.2 Å². The normalized spacial score (nSPS) is 10.4. The molecule has 0 heterocycles. The molecule has 7 heteroatoms. The minimum absolute atomic E-state index is 0. The Hall–Kier alpha value is -1.05. The zero-order chi connectivity index (χ0) is 13.7. The molecule has 0 saturated carbocycles. The molecule has 0 fully saturated rings. The SMILES string of the molecule is O=S(=O)([O-])Nc1ccc(OCc2ccccc2)cc1.[Na+]. The molecule has 0 atom stereocenters. The van der Waals surface area contributed by atoms with Crippen LogP contribution in [0.1, 0.15) is 5.56 Å². The Bertz CT molecular complexity index is 629. The van der Waals surface area contributed by atoms with Crippen molar-refractivity contribution in [2.75, 3.05) is 4.72 Å². The van der Waals surface area contributed by atoms with E-state index in [1.807, 2.05) is 35.1 Å². The van der Waals surface area contributed by atoms with Gasteiger partial charge >= 0.3 is 29.6 Å². The van der Waals surface area contributed by atoms with Gasteiger partial charge in [0.25, 0.3) is 0 Å². The summed E-state index contributed by atoms with van der Waals surface area (Å²) in [7, 11) is -4.49. The zero-order valence-corrected chi connectivity index (χ0v) is 13.8. The first kappa shape index (κ1) is 17.0. The minimum atomic E-state index is -4.49. The first-order chi connectivity index (χ1) is 9.03. The van der Waals surface area contributed by atoms with Crippen LogP contribution >= 0.6 is 0 Å². The molecule has 1 N–H and O–H groups in total. The summed E-state index contributed by atoms with van der Waals surface area (Å²) in [6, 6.07) is 15.8. The number of rotatable bonds is 5. The maximum atomic E-state index is 10.5. The molecule has 0 amide bonds. The number of benzene rings is 2. The van der Waals surface area contributed by atoms with Gasteiger partial charge in [-0.1, -0.05) is 30.3 Å². The van der Waals surface area contributed by atoms with Crippen LogP contribution in [-0.2, 0) is 16.9 Å². The Kier molecular flexibility index (Phi) is 6.51. The van der Waals surface area contributed by atoms with Gasteiger partial charge < -0.3 is 9.29 Å². The molecule has 0 aromatic heterocycles. The van der Waals surface area contributed by atoms with E-state index in [0.29, 0.717) is 12.4 Å². The van der Waals surface area contributed by atoms with E-state index < -0.39 is 10.3 Å². The molecular weight excluding hydrogens is 289 g/mol. The second kappa shape index (κ2) is 7.66. The second-order valence-electron chi connectivity index (χ2n) is 3.85. The minimum Gasteiger partial charge on any atom is -0.731 e. The molecule has 0 radical (unpaired) electrons. The van der Waals surface area contributed by atoms with Crippen molar-refractivity contribution < 1.29 is 47.3 Å². The van der Waals surface area contributed by atoms with Crippen molar-refractivity contribution in [2.45, 2.75) is 6.61 Å². The predicted octanol–water partition coefficient (Wildman–Crippen LogP) is -0.858. The summed E-state index contributed by atoms with van der Waals surface area (Å²) in [6.45, 7) is 0.424. The van der Waals surface area contributed by atoms with Crippen molar-refractivity contribution in [1.82, 2.24) is 0 Å². The molecule has 2 aromatic rings. The topological polar surface area (TPSA) is 78.5 Å². The van der Waals surface area contributed by atoms with E-state index >= 15 is 0 Å². The maximum absolute atomic E-state index is 10.5. The zero-order valence-electron chi connectivity index (χ0n) is 10.9. The van der Waals surface area contributed by atoms with Gasteiger partial charge in [-0.2, -0.15) is 0 Å². The van der Waals surface area contributed by atoms with Crippen LogP contribution in [0, 0.1) is 0 Å². The number of hydrogen-bond donors (Lipinski definition) is 1. The first-order valence-electron chi connectivity index (χ1n) is 5.53. The summed E-state index contributed by atoms with van der Waals surface area (Å²) in [5.74, 6) is 0.595. The Labute approximate surface area is 140 Å². The van der Waals surface area contributed by atoms with Gasteiger partial charge in [0.2, 0.25) is 0 Å². The van der Waals surface area contributed by atoms with Crippen molar-refractivity contribution in [3.63, 3.8) is 0 Å². The van der Waals surface area contributed by atoms with Crippen molar-refractivity contribution in [2.24, 2.45) is 0 Å². The van der Waals surface area contributed by atoms with Gasteiger partial charge in [0.05, 0.1) is 0 Å². The predicted molar refractivity (Wildman–Crippen MR) is 70.5 cm³/mol. The van der Waals surface area contributed by atoms with Crippen LogP contribution in [0.2, 0.25) is 0 Å². The Morgan fingerprint density at radius 2 is 1.60 bits per heavy atom. The second-order valence-corrected chi connectivity index (χ2v) is 4.97. The number of hydrogen-bond acceptors (Lipinski definition) is 4. The molecule has 2 rings (SSSR count). The number of nitrogens with one attached hydrogen (secondary N) is 1. The van der Waals surface area contributed by atoms with Crippen molar-refractivity contribution >= 4 is 16.0 Å². The fourth-order valence-electron chi connectivity index (χ4n) is 1.50. The van der Waals surface area contributed by atoms with Crippen molar-refractivity contribution in [1.29, 1.82) is 0 Å². The third-order valence-electron chi connectivity index (χ3n) is 2.35. The van der Waals surface area contributed by atoms with E-state index in [2.05, 4.69) is 0 Å². The van der Waals surface area contributed by atoms with E-state index in [0.717, 1.165) is 5.56 Å². The monoisotopic (exact) mass is 301 g/mol. The summed E-state index contributed by atoms with van der Waals surface area (Å²) < 4.78 is 38.9. The molecule has 2 aromatic carbocycles. The maximum Gasteiger partial charge on any atom is 1.00 e. The first-order valence-corrected chi connectivity index (χ1v) is 6.94. The summed E-state index contributed by atoms with van der Waals surface area (Å²) in [4.78, 5) is 0. The summed E-state index contributed by atoms with van der Waals surface area (Å²) in [5, 5.41) is 0. The van der Waals surface area contributed by atoms with Crippen LogP contribution in [0.15, 0.2) is 54.6 Å². The fraction of sp³-hybridized carbons (Fsp3) is 0.0769. The standard InChI is InChI=1S/C13H13NO4S.Na/c15-19(16,17)14-12-6-8-13(9-7-12)18-10-11-4-2-1-3-5-11;/h1-9,14H,10H2,(H,15,16,17);/q;+1/p-1. The van der Waals surface area contributed by atoms with Gasteiger partial charge in [-0.3, -0.25) is 4.72 Å². The molecule has 0 bridgehead atoms. The molecule has 0 aliphatic heterocycles. The quantitative estimate of drug-likeness (QED) is 0.576. The molecule has 0 unspecified atom stereocenters. The third-order valence-corrected chi connectivity index (χ3v) is 2.83. The van der Waals surface area contributed by atoms with Gasteiger partial charge in [-0.25, -0.2) is 8.42 Å². The molecule has 5 nitrogen and oxygen atoms in total. The average molecular weight is 301 g/mol. The smallest absolute Gasteiger partial charge is 0.731 e. The van der Waals surface area contributed by atoms with E-state index in [4.69, 9.17) is 4.74 Å². The van der Waals surface area contributed by atoms with Crippen LogP contribution in [0.25, 0.3) is 0 Å². The fourth-order valence-corrected chi connectivity index (χ4v) is 1.93. The van der Waals surface area contributed by atoms with E-state index in [9.17, 15) is 13.0 Å². The van der Waals surface area contributed by atoms with Crippen LogP contribution < -0.4 is 39.0 Å². The van der Waals surface area contributed by atoms with E-state index in [1.165, 1.54) is 12.1 Å². The summed E-state index contributed by atoms with van der Waals surface area (Å²) in [6.07, 6.45) is 0. The number of anilines is 1. The molecule has 0 aliphatic rings. The van der Waals surface area contributed by atoms with Crippen LogP contribution in [0.4, 0.5) is 5.69 Å². The van der Waals surface area contributed by atoms with Crippen LogP contribution in [0.3, 0.4) is 0 Å². The van der Waals surface area contributed by atoms with Crippen molar-refractivity contribution in [3.8, 4) is 5.75 Å². The summed E-state index contributed by atoms with van der Waals surface area (Å²) in [5.41, 5.74) is 1.24. The molecule has 100 valence electrons. The number of ether oxygens (including phenoxy) is 1. The largest absolute Gasteiger partial charge is 1.00 e. The molecular formula is C13H12NNaO4S. The van der Waals surface area contributed by atoms with Gasteiger partial charge in [-0.05, 0) is 29.8 Å². The van der Waals surface area contributed by atoms with Gasteiger partial charge in [0, 0.05) is 5.69 Å².